The minimum absolute atomic E-state index is 0.237. The number of aryl methyl sites for hydroxylation is 1. The van der Waals surface area contributed by atoms with Crippen LogP contribution in [0.25, 0.3) is 0 Å². The summed E-state index contributed by atoms with van der Waals surface area (Å²) >= 11 is 1.37. The van der Waals surface area contributed by atoms with Crippen LogP contribution in [-0.2, 0) is 4.79 Å². The van der Waals surface area contributed by atoms with Gasteiger partial charge in [0.2, 0.25) is 0 Å². The Balaban J connectivity index is 2.54. The molecule has 4 nitrogen and oxygen atoms in total. The molecule has 0 amide bonds. The number of rotatable bonds is 5. The van der Waals surface area contributed by atoms with Crippen molar-refractivity contribution < 1.29 is 15.0 Å². The van der Waals surface area contributed by atoms with Crippen molar-refractivity contribution in [2.75, 3.05) is 11.5 Å². The first-order chi connectivity index (χ1) is 7.49. The summed E-state index contributed by atoms with van der Waals surface area (Å²) < 4.78 is 0. The van der Waals surface area contributed by atoms with E-state index in [2.05, 4.69) is 0 Å². The number of nitrogens with two attached hydrogens (primary N) is 1. The molecule has 0 saturated carbocycles. The zero-order chi connectivity index (χ0) is 12.1. The number of benzene rings is 1. The van der Waals surface area contributed by atoms with E-state index in [0.717, 1.165) is 10.5 Å². The predicted octanol–water partition coefficient (Wildman–Crippen LogP) is 1.50. The van der Waals surface area contributed by atoms with Gasteiger partial charge in [-0.3, -0.25) is 4.79 Å². The van der Waals surface area contributed by atoms with Crippen LogP contribution in [0.4, 0.5) is 5.69 Å². The molecule has 88 valence electrons. The molecule has 1 atom stereocenters. The van der Waals surface area contributed by atoms with E-state index in [1.807, 2.05) is 19.1 Å². The Morgan fingerprint density at radius 3 is 2.88 bits per heavy atom. The predicted molar refractivity (Wildman–Crippen MR) is 64.6 cm³/mol. The zero-order valence-corrected chi connectivity index (χ0v) is 9.83. The summed E-state index contributed by atoms with van der Waals surface area (Å²) in [5, 5.41) is 17.9. The van der Waals surface area contributed by atoms with Gasteiger partial charge in [0.25, 0.3) is 0 Å². The zero-order valence-electron chi connectivity index (χ0n) is 9.01. The van der Waals surface area contributed by atoms with Crippen molar-refractivity contribution in [1.82, 2.24) is 0 Å². The van der Waals surface area contributed by atoms with Crippen molar-refractivity contribution in [2.45, 2.75) is 24.3 Å². The fraction of sp³-hybridized carbons (Fsp3) is 0.364. The molecule has 0 aromatic heterocycles. The molecule has 0 heterocycles. The molecule has 16 heavy (non-hydrogen) atoms. The highest BCUT2D eigenvalue weighted by molar-refractivity contribution is 7.99. The van der Waals surface area contributed by atoms with Crippen molar-refractivity contribution in [3.8, 4) is 0 Å². The highest BCUT2D eigenvalue weighted by atomic mass is 32.2. The Labute approximate surface area is 98.5 Å². The molecule has 0 radical (unpaired) electrons. The lowest BCUT2D eigenvalue weighted by Gasteiger charge is -2.09. The largest absolute Gasteiger partial charge is 0.481 e. The van der Waals surface area contributed by atoms with E-state index in [1.165, 1.54) is 11.8 Å². The number of thioether (sulfide) groups is 1. The summed E-state index contributed by atoms with van der Waals surface area (Å²) in [6.45, 7) is 1.96. The normalized spacial score (nSPS) is 12.4. The number of carbonyl (C=O) groups is 1. The first-order valence-electron chi connectivity index (χ1n) is 4.88. The average molecular weight is 241 g/mol. The van der Waals surface area contributed by atoms with Gasteiger partial charge in [0.1, 0.15) is 0 Å². The number of anilines is 1. The fourth-order valence-corrected chi connectivity index (χ4v) is 2.21. The number of carboxylic acid groups (broad SMARTS) is 1. The van der Waals surface area contributed by atoms with Gasteiger partial charge in [0.05, 0.1) is 12.5 Å². The molecule has 0 bridgehead atoms. The van der Waals surface area contributed by atoms with Crippen LogP contribution in [0.1, 0.15) is 12.0 Å². The van der Waals surface area contributed by atoms with Gasteiger partial charge in [-0.1, -0.05) is 6.07 Å². The van der Waals surface area contributed by atoms with Crippen LogP contribution in [0.2, 0.25) is 0 Å². The minimum Gasteiger partial charge on any atom is -0.481 e. The van der Waals surface area contributed by atoms with Crippen molar-refractivity contribution in [3.05, 3.63) is 23.8 Å². The third-order valence-electron chi connectivity index (χ3n) is 2.01. The first kappa shape index (κ1) is 12.9. The average Bonchev–Trinajstić information content (AvgIpc) is 2.18. The van der Waals surface area contributed by atoms with E-state index in [9.17, 15) is 9.90 Å². The van der Waals surface area contributed by atoms with E-state index < -0.39 is 12.1 Å². The van der Waals surface area contributed by atoms with Crippen LogP contribution in [0.15, 0.2) is 23.1 Å². The lowest BCUT2D eigenvalue weighted by Crippen LogP contribution is -2.15. The van der Waals surface area contributed by atoms with Crippen LogP contribution in [0.5, 0.6) is 0 Å². The topological polar surface area (TPSA) is 83.5 Å². The molecular weight excluding hydrogens is 226 g/mol. The highest BCUT2D eigenvalue weighted by Crippen LogP contribution is 2.26. The standard InChI is InChI=1S/C11H15NO3S/c1-7-2-3-9(12)10(4-7)16-6-8(13)5-11(14)15/h2-4,8,13H,5-6,12H2,1H3,(H,14,15). The van der Waals surface area contributed by atoms with E-state index in [1.54, 1.807) is 6.07 Å². The summed E-state index contributed by atoms with van der Waals surface area (Å²) in [7, 11) is 0. The van der Waals surface area contributed by atoms with Crippen molar-refractivity contribution >= 4 is 23.4 Å². The van der Waals surface area contributed by atoms with Crippen LogP contribution in [-0.4, -0.2) is 28.0 Å². The van der Waals surface area contributed by atoms with Gasteiger partial charge in [0.15, 0.2) is 0 Å². The molecule has 0 spiro atoms. The van der Waals surface area contributed by atoms with E-state index in [0.29, 0.717) is 11.4 Å². The van der Waals surface area contributed by atoms with Gasteiger partial charge in [-0.05, 0) is 24.6 Å². The molecule has 1 aromatic carbocycles. The number of carboxylic acids is 1. The van der Waals surface area contributed by atoms with Gasteiger partial charge in [-0.15, -0.1) is 11.8 Å². The third kappa shape index (κ3) is 4.12. The van der Waals surface area contributed by atoms with Crippen LogP contribution >= 0.6 is 11.8 Å². The molecule has 0 saturated heterocycles. The monoisotopic (exact) mass is 241 g/mol. The molecule has 0 aliphatic carbocycles. The number of nitrogen functional groups attached to an aromatic ring is 1. The number of hydrogen-bond acceptors (Lipinski definition) is 4. The maximum atomic E-state index is 10.3. The Morgan fingerprint density at radius 2 is 2.25 bits per heavy atom. The Bertz CT molecular complexity index is 381. The number of aliphatic hydroxyl groups is 1. The molecule has 1 aromatic rings. The molecule has 1 rings (SSSR count). The second kappa shape index (κ2) is 5.77. The molecule has 4 N–H and O–H groups in total. The molecular formula is C11H15NO3S. The highest BCUT2D eigenvalue weighted by Gasteiger charge is 2.10. The molecule has 0 aliphatic rings. The van der Waals surface area contributed by atoms with Gasteiger partial charge >= 0.3 is 5.97 Å². The SMILES string of the molecule is Cc1ccc(N)c(SCC(O)CC(=O)O)c1. The summed E-state index contributed by atoms with van der Waals surface area (Å²) in [5.41, 5.74) is 7.50. The summed E-state index contributed by atoms with van der Waals surface area (Å²) in [5.74, 6) is -0.662. The smallest absolute Gasteiger partial charge is 0.306 e. The quantitative estimate of drug-likeness (QED) is 0.537. The van der Waals surface area contributed by atoms with Gasteiger partial charge in [0, 0.05) is 16.3 Å². The van der Waals surface area contributed by atoms with Crippen molar-refractivity contribution in [2.24, 2.45) is 0 Å². The fourth-order valence-electron chi connectivity index (χ4n) is 1.21. The van der Waals surface area contributed by atoms with Crippen LogP contribution < -0.4 is 5.73 Å². The number of hydrogen-bond donors (Lipinski definition) is 3. The maximum Gasteiger partial charge on any atom is 0.306 e. The summed E-state index contributed by atoms with van der Waals surface area (Å²) in [6, 6.07) is 5.64. The first-order valence-corrected chi connectivity index (χ1v) is 5.86. The number of aliphatic carboxylic acids is 1. The second-order valence-electron chi connectivity index (χ2n) is 3.60. The lowest BCUT2D eigenvalue weighted by molar-refractivity contribution is -0.138. The summed E-state index contributed by atoms with van der Waals surface area (Å²) in [4.78, 5) is 11.2. The molecule has 0 fully saturated rings. The molecule has 1 unspecified atom stereocenters. The summed E-state index contributed by atoms with van der Waals surface area (Å²) in [6.07, 6.45) is -1.08. The van der Waals surface area contributed by atoms with Gasteiger partial charge in [-0.25, -0.2) is 0 Å². The van der Waals surface area contributed by atoms with E-state index in [-0.39, 0.29) is 6.42 Å². The lowest BCUT2D eigenvalue weighted by atomic mass is 10.2. The Kier molecular flexibility index (Phi) is 4.64. The Hall–Kier alpha value is -1.20. The molecule has 0 aliphatic heterocycles. The van der Waals surface area contributed by atoms with Gasteiger partial charge < -0.3 is 15.9 Å². The number of aliphatic hydroxyl groups excluding tert-OH is 1. The Morgan fingerprint density at radius 1 is 1.56 bits per heavy atom. The van der Waals surface area contributed by atoms with Gasteiger partial charge in [-0.2, -0.15) is 0 Å². The van der Waals surface area contributed by atoms with E-state index >= 15 is 0 Å². The van der Waals surface area contributed by atoms with Crippen molar-refractivity contribution in [1.29, 1.82) is 0 Å². The maximum absolute atomic E-state index is 10.3. The third-order valence-corrected chi connectivity index (χ3v) is 3.23. The van der Waals surface area contributed by atoms with Crippen LogP contribution in [0, 0.1) is 6.92 Å². The second-order valence-corrected chi connectivity index (χ2v) is 4.67. The van der Waals surface area contributed by atoms with E-state index in [4.69, 9.17) is 10.8 Å². The minimum atomic E-state index is -0.995. The molecule has 5 heteroatoms. The van der Waals surface area contributed by atoms with Crippen LogP contribution in [0.3, 0.4) is 0 Å². The van der Waals surface area contributed by atoms with Crippen molar-refractivity contribution in [3.63, 3.8) is 0 Å².